The minimum atomic E-state index is -0.574. The summed E-state index contributed by atoms with van der Waals surface area (Å²) in [5.41, 5.74) is 6.37. The van der Waals surface area contributed by atoms with Crippen LogP contribution in [0.3, 0.4) is 0 Å². The maximum absolute atomic E-state index is 10.1. The van der Waals surface area contributed by atoms with Crippen molar-refractivity contribution in [2.24, 2.45) is 0 Å². The molecule has 4 aromatic carbocycles. The first-order chi connectivity index (χ1) is 14.2. The summed E-state index contributed by atoms with van der Waals surface area (Å²) in [6.45, 7) is 0. The van der Waals surface area contributed by atoms with Gasteiger partial charge in [0.2, 0.25) is 0 Å². The summed E-state index contributed by atoms with van der Waals surface area (Å²) in [5.74, 6) is 1.52. The van der Waals surface area contributed by atoms with E-state index in [9.17, 15) is 10.2 Å². The molecular formula is C26H18O3. The molecule has 0 radical (unpaired) electrons. The van der Waals surface area contributed by atoms with Crippen LogP contribution in [-0.4, -0.2) is 10.2 Å². The lowest BCUT2D eigenvalue weighted by atomic mass is 9.58. The van der Waals surface area contributed by atoms with Gasteiger partial charge < -0.3 is 14.9 Å². The van der Waals surface area contributed by atoms with Crippen molar-refractivity contribution < 1.29 is 14.9 Å². The van der Waals surface area contributed by atoms with Crippen molar-refractivity contribution in [1.82, 2.24) is 0 Å². The zero-order chi connectivity index (χ0) is 19.6. The van der Waals surface area contributed by atoms with Crippen molar-refractivity contribution >= 4 is 0 Å². The van der Waals surface area contributed by atoms with Crippen molar-refractivity contribution in [3.8, 4) is 23.0 Å². The molecule has 1 heterocycles. The van der Waals surface area contributed by atoms with Gasteiger partial charge in [0.25, 0.3) is 0 Å². The van der Waals surface area contributed by atoms with E-state index in [2.05, 4.69) is 48.5 Å². The van der Waals surface area contributed by atoms with Crippen LogP contribution in [-0.2, 0) is 11.8 Å². The van der Waals surface area contributed by atoms with Gasteiger partial charge in [-0.1, -0.05) is 60.7 Å². The Hall–Kier alpha value is -3.72. The third kappa shape index (κ3) is 2.07. The Morgan fingerprint density at radius 3 is 1.59 bits per heavy atom. The van der Waals surface area contributed by atoms with Gasteiger partial charge in [-0.15, -0.1) is 0 Å². The normalized spacial score (nSPS) is 14.9. The van der Waals surface area contributed by atoms with Gasteiger partial charge in [-0.2, -0.15) is 0 Å². The van der Waals surface area contributed by atoms with E-state index >= 15 is 0 Å². The molecule has 0 saturated carbocycles. The Balaban J connectivity index is 1.84. The molecule has 1 aliphatic heterocycles. The number of fused-ring (bicyclic) bond motifs is 8. The molecule has 140 valence electrons. The van der Waals surface area contributed by atoms with Gasteiger partial charge in [0.15, 0.2) is 0 Å². The number of hydrogen-bond acceptors (Lipinski definition) is 3. The second-order valence-corrected chi connectivity index (χ2v) is 7.70. The van der Waals surface area contributed by atoms with E-state index in [0.717, 1.165) is 17.5 Å². The Morgan fingerprint density at radius 2 is 1.07 bits per heavy atom. The lowest BCUT2D eigenvalue weighted by Crippen LogP contribution is -2.38. The highest BCUT2D eigenvalue weighted by atomic mass is 16.5. The topological polar surface area (TPSA) is 49.7 Å². The van der Waals surface area contributed by atoms with E-state index in [-0.39, 0.29) is 11.5 Å². The number of aromatic hydroxyl groups is 2. The highest BCUT2D eigenvalue weighted by Gasteiger charge is 2.49. The number of ether oxygens (including phenoxy) is 1. The quantitative estimate of drug-likeness (QED) is 0.367. The average molecular weight is 378 g/mol. The molecule has 4 aromatic rings. The first-order valence-electron chi connectivity index (χ1n) is 9.69. The van der Waals surface area contributed by atoms with Gasteiger partial charge in [-0.25, -0.2) is 0 Å². The Morgan fingerprint density at radius 1 is 0.586 bits per heavy atom. The van der Waals surface area contributed by atoms with E-state index in [4.69, 9.17) is 4.74 Å². The van der Waals surface area contributed by atoms with Crippen molar-refractivity contribution in [2.45, 2.75) is 11.8 Å². The first-order valence-corrected chi connectivity index (χ1v) is 9.69. The molecule has 0 fully saturated rings. The summed E-state index contributed by atoms with van der Waals surface area (Å²) in [6, 6.07) is 27.7. The predicted octanol–water partition coefficient (Wildman–Crippen LogP) is 5.49. The molecule has 0 aromatic heterocycles. The lowest BCUT2D eigenvalue weighted by Gasteiger charge is -2.45. The molecule has 0 saturated heterocycles. The summed E-state index contributed by atoms with van der Waals surface area (Å²) < 4.78 is 6.18. The molecule has 1 spiro atoms. The highest BCUT2D eigenvalue weighted by Crippen LogP contribution is 2.59. The Bertz CT molecular complexity index is 1190. The Kier molecular flexibility index (Phi) is 3.16. The maximum Gasteiger partial charge on any atom is 0.135 e. The second kappa shape index (κ2) is 5.65. The minimum absolute atomic E-state index is 0.153. The van der Waals surface area contributed by atoms with Gasteiger partial charge in [-0.3, -0.25) is 0 Å². The van der Waals surface area contributed by atoms with Crippen LogP contribution in [0.5, 0.6) is 23.0 Å². The van der Waals surface area contributed by atoms with Crippen LogP contribution in [0.2, 0.25) is 0 Å². The zero-order valence-corrected chi connectivity index (χ0v) is 15.6. The lowest BCUT2D eigenvalue weighted by molar-refractivity contribution is 0.414. The van der Waals surface area contributed by atoms with Gasteiger partial charge >= 0.3 is 0 Å². The van der Waals surface area contributed by atoms with Crippen molar-refractivity contribution in [3.05, 3.63) is 118 Å². The summed E-state index contributed by atoms with van der Waals surface area (Å²) in [7, 11) is 0. The van der Waals surface area contributed by atoms with Crippen LogP contribution in [0, 0.1) is 0 Å². The number of benzene rings is 4. The van der Waals surface area contributed by atoms with Crippen LogP contribution in [0.1, 0.15) is 33.4 Å². The smallest absolute Gasteiger partial charge is 0.135 e. The number of phenols is 2. The van der Waals surface area contributed by atoms with Gasteiger partial charge in [0.1, 0.15) is 23.0 Å². The molecular weight excluding hydrogens is 360 g/mol. The van der Waals surface area contributed by atoms with E-state index in [1.54, 1.807) is 24.3 Å². The van der Waals surface area contributed by atoms with E-state index in [1.807, 2.05) is 12.1 Å². The fourth-order valence-corrected chi connectivity index (χ4v) is 5.09. The monoisotopic (exact) mass is 378 g/mol. The van der Waals surface area contributed by atoms with Crippen molar-refractivity contribution in [1.29, 1.82) is 0 Å². The zero-order valence-electron chi connectivity index (χ0n) is 15.6. The fraction of sp³-hybridized carbons (Fsp3) is 0.0769. The van der Waals surface area contributed by atoms with Crippen LogP contribution in [0.15, 0.2) is 84.9 Å². The third-order valence-corrected chi connectivity index (χ3v) is 6.18. The van der Waals surface area contributed by atoms with Gasteiger partial charge in [-0.05, 0) is 40.8 Å². The highest BCUT2D eigenvalue weighted by molar-refractivity contribution is 5.74. The third-order valence-electron chi connectivity index (χ3n) is 6.18. The second-order valence-electron chi connectivity index (χ2n) is 7.70. The number of phenolic OH excluding ortho intramolecular Hbond substituents is 2. The molecule has 2 aliphatic rings. The molecule has 3 heteroatoms. The molecule has 0 atom stereocenters. The summed E-state index contributed by atoms with van der Waals surface area (Å²) >= 11 is 0. The molecule has 0 amide bonds. The molecule has 1 aliphatic carbocycles. The van der Waals surface area contributed by atoms with Crippen molar-refractivity contribution in [2.75, 3.05) is 0 Å². The van der Waals surface area contributed by atoms with Gasteiger partial charge in [0, 0.05) is 23.3 Å². The molecule has 0 bridgehead atoms. The van der Waals surface area contributed by atoms with E-state index in [0.29, 0.717) is 11.5 Å². The number of rotatable bonds is 0. The van der Waals surface area contributed by atoms with E-state index in [1.165, 1.54) is 22.3 Å². The molecule has 6 rings (SSSR count). The Labute approximate surface area is 168 Å². The molecule has 0 unspecified atom stereocenters. The summed E-state index contributed by atoms with van der Waals surface area (Å²) in [6.07, 6.45) is 0.871. The van der Waals surface area contributed by atoms with Crippen LogP contribution < -0.4 is 4.74 Å². The van der Waals surface area contributed by atoms with Crippen LogP contribution in [0.25, 0.3) is 0 Å². The predicted molar refractivity (Wildman–Crippen MR) is 111 cm³/mol. The number of hydrogen-bond donors (Lipinski definition) is 2. The molecule has 29 heavy (non-hydrogen) atoms. The standard InChI is InChI=1S/C26H18O3/c27-18-9-11-22-24(14-18)29-25-15-19(28)10-12-23(25)26(22)20-7-3-1-5-16(20)13-17-6-2-4-8-21(17)26/h1-12,14-15,27-28H,13H2. The van der Waals surface area contributed by atoms with Crippen LogP contribution >= 0.6 is 0 Å². The maximum atomic E-state index is 10.1. The summed E-state index contributed by atoms with van der Waals surface area (Å²) in [4.78, 5) is 0. The summed E-state index contributed by atoms with van der Waals surface area (Å²) in [5, 5.41) is 20.3. The fourth-order valence-electron chi connectivity index (χ4n) is 5.09. The van der Waals surface area contributed by atoms with Gasteiger partial charge in [0.05, 0.1) is 5.41 Å². The van der Waals surface area contributed by atoms with Crippen LogP contribution in [0.4, 0.5) is 0 Å². The average Bonchev–Trinajstić information content (AvgIpc) is 2.73. The largest absolute Gasteiger partial charge is 0.508 e. The molecule has 2 N–H and O–H groups in total. The van der Waals surface area contributed by atoms with Crippen molar-refractivity contribution in [3.63, 3.8) is 0 Å². The first kappa shape index (κ1) is 16.3. The molecule has 3 nitrogen and oxygen atoms in total. The van der Waals surface area contributed by atoms with E-state index < -0.39 is 5.41 Å². The SMILES string of the molecule is Oc1ccc2c(c1)Oc1cc(O)ccc1C21c2ccccc2Cc2ccccc21. The minimum Gasteiger partial charge on any atom is -0.508 e.